The Morgan fingerprint density at radius 3 is 2.78 bits per heavy atom. The summed E-state index contributed by atoms with van der Waals surface area (Å²) in [5.74, 6) is 0. The molecule has 1 aliphatic carbocycles. The lowest BCUT2D eigenvalue weighted by molar-refractivity contribution is 1.29. The maximum atomic E-state index is 3.41. The third kappa shape index (κ3) is 2.66. The third-order valence-electron chi connectivity index (χ3n) is 1.16. The van der Waals surface area contributed by atoms with Crippen molar-refractivity contribution in [2.45, 2.75) is 12.8 Å². The summed E-state index contributed by atoms with van der Waals surface area (Å²) >= 11 is 3.41. The van der Waals surface area contributed by atoms with Gasteiger partial charge >= 0.3 is 0 Å². The van der Waals surface area contributed by atoms with Crippen molar-refractivity contribution in [2.75, 3.05) is 0 Å². The SMILES string of the molecule is BrC1=CC/C=C\C/C=C\1. The van der Waals surface area contributed by atoms with Crippen LogP contribution in [-0.2, 0) is 0 Å². The first-order valence-electron chi connectivity index (χ1n) is 3.07. The molecule has 0 aromatic carbocycles. The second-order valence-corrected chi connectivity index (χ2v) is 2.85. The standard InChI is InChI=1S/C8H9Br/c9-8-6-4-2-1-3-5-7-8/h1-2,5-7H,3-4H2/b2-1-,7-5-,8-6?. The molecule has 1 heteroatoms. The number of rotatable bonds is 0. The van der Waals surface area contributed by atoms with Crippen LogP contribution in [0.2, 0.25) is 0 Å². The Balaban J connectivity index is 2.63. The van der Waals surface area contributed by atoms with Crippen LogP contribution in [0.4, 0.5) is 0 Å². The highest BCUT2D eigenvalue weighted by Gasteiger charge is 1.84. The molecule has 9 heavy (non-hydrogen) atoms. The zero-order valence-electron chi connectivity index (χ0n) is 5.18. The number of halogens is 1. The lowest BCUT2D eigenvalue weighted by Gasteiger charge is -1.91. The van der Waals surface area contributed by atoms with Crippen LogP contribution in [0.5, 0.6) is 0 Å². The van der Waals surface area contributed by atoms with Crippen molar-refractivity contribution >= 4 is 15.9 Å². The van der Waals surface area contributed by atoms with Crippen molar-refractivity contribution in [1.29, 1.82) is 0 Å². The highest BCUT2D eigenvalue weighted by Crippen LogP contribution is 2.10. The molecule has 0 aromatic heterocycles. The summed E-state index contributed by atoms with van der Waals surface area (Å²) in [6.45, 7) is 0. The highest BCUT2D eigenvalue weighted by molar-refractivity contribution is 9.11. The molecule has 1 rings (SSSR count). The molecule has 0 fully saturated rings. The van der Waals surface area contributed by atoms with Gasteiger partial charge in [0, 0.05) is 4.48 Å². The van der Waals surface area contributed by atoms with Gasteiger partial charge in [0.2, 0.25) is 0 Å². The molecule has 0 unspecified atom stereocenters. The third-order valence-corrected chi connectivity index (χ3v) is 1.75. The Hall–Kier alpha value is -0.300. The summed E-state index contributed by atoms with van der Waals surface area (Å²) in [6, 6.07) is 0. The fraction of sp³-hybridized carbons (Fsp3) is 0.250. The van der Waals surface area contributed by atoms with Crippen LogP contribution < -0.4 is 0 Å². The number of hydrogen-bond donors (Lipinski definition) is 0. The van der Waals surface area contributed by atoms with Crippen LogP contribution in [0.25, 0.3) is 0 Å². The first kappa shape index (κ1) is 6.81. The summed E-state index contributed by atoms with van der Waals surface area (Å²) in [7, 11) is 0. The Kier molecular flexibility index (Phi) is 2.78. The van der Waals surface area contributed by atoms with Gasteiger partial charge in [-0.15, -0.1) is 0 Å². The van der Waals surface area contributed by atoms with E-state index in [0.717, 1.165) is 12.8 Å². The second-order valence-electron chi connectivity index (χ2n) is 1.93. The maximum absolute atomic E-state index is 3.41. The molecule has 0 saturated carbocycles. The summed E-state index contributed by atoms with van der Waals surface area (Å²) in [4.78, 5) is 0. The van der Waals surface area contributed by atoms with Crippen LogP contribution in [0, 0.1) is 0 Å². The fourth-order valence-corrected chi connectivity index (χ4v) is 1.07. The molecule has 0 aromatic rings. The quantitative estimate of drug-likeness (QED) is 0.508. The van der Waals surface area contributed by atoms with Crippen molar-refractivity contribution in [1.82, 2.24) is 0 Å². The van der Waals surface area contributed by atoms with E-state index in [9.17, 15) is 0 Å². The summed E-state index contributed by atoms with van der Waals surface area (Å²) < 4.78 is 1.19. The molecule has 0 bridgehead atoms. The van der Waals surface area contributed by atoms with E-state index < -0.39 is 0 Å². The molecule has 0 amide bonds. The van der Waals surface area contributed by atoms with Gasteiger partial charge in [-0.25, -0.2) is 0 Å². The van der Waals surface area contributed by atoms with Crippen LogP contribution in [0.15, 0.2) is 34.9 Å². The average Bonchev–Trinajstić information content (AvgIpc) is 1.79. The summed E-state index contributed by atoms with van der Waals surface area (Å²) in [6.07, 6.45) is 12.8. The topological polar surface area (TPSA) is 0 Å². The molecule has 48 valence electrons. The predicted molar refractivity (Wildman–Crippen MR) is 44.5 cm³/mol. The van der Waals surface area contributed by atoms with Gasteiger partial charge in [0.1, 0.15) is 0 Å². The van der Waals surface area contributed by atoms with E-state index >= 15 is 0 Å². The zero-order chi connectivity index (χ0) is 6.53. The highest BCUT2D eigenvalue weighted by atomic mass is 79.9. The molecular formula is C8H9Br. The van der Waals surface area contributed by atoms with Crippen molar-refractivity contribution < 1.29 is 0 Å². The van der Waals surface area contributed by atoms with Crippen LogP contribution in [0.3, 0.4) is 0 Å². The van der Waals surface area contributed by atoms with Crippen molar-refractivity contribution in [3.63, 3.8) is 0 Å². The molecule has 0 N–H and O–H groups in total. The first-order chi connectivity index (χ1) is 4.39. The van der Waals surface area contributed by atoms with E-state index in [1.807, 2.05) is 0 Å². The molecular weight excluding hydrogens is 176 g/mol. The van der Waals surface area contributed by atoms with Crippen molar-refractivity contribution in [3.05, 3.63) is 34.9 Å². The Labute approximate surface area is 64.1 Å². The molecule has 1 aliphatic rings. The van der Waals surface area contributed by atoms with Crippen LogP contribution >= 0.6 is 15.9 Å². The molecule has 0 radical (unpaired) electrons. The molecule has 0 spiro atoms. The lowest BCUT2D eigenvalue weighted by atomic mass is 10.2. The largest absolute Gasteiger partial charge is 0.0844 e. The molecule has 0 heterocycles. The van der Waals surface area contributed by atoms with Gasteiger partial charge in [0.25, 0.3) is 0 Å². The summed E-state index contributed by atoms with van der Waals surface area (Å²) in [5.41, 5.74) is 0. The second kappa shape index (κ2) is 3.67. The van der Waals surface area contributed by atoms with Gasteiger partial charge in [-0.2, -0.15) is 0 Å². The average molecular weight is 185 g/mol. The van der Waals surface area contributed by atoms with Crippen LogP contribution in [0.1, 0.15) is 12.8 Å². The summed E-state index contributed by atoms with van der Waals surface area (Å²) in [5, 5.41) is 0. The van der Waals surface area contributed by atoms with Crippen molar-refractivity contribution in [3.8, 4) is 0 Å². The predicted octanol–water partition coefficient (Wildman–Crippen LogP) is 3.17. The van der Waals surface area contributed by atoms with Gasteiger partial charge in [0.15, 0.2) is 0 Å². The van der Waals surface area contributed by atoms with Gasteiger partial charge in [-0.05, 0) is 12.8 Å². The molecule has 0 saturated heterocycles. The number of hydrogen-bond acceptors (Lipinski definition) is 0. The molecule has 0 aliphatic heterocycles. The first-order valence-corrected chi connectivity index (χ1v) is 3.86. The van der Waals surface area contributed by atoms with Gasteiger partial charge in [-0.3, -0.25) is 0 Å². The minimum atomic E-state index is 1.05. The number of allylic oxidation sites excluding steroid dienone is 6. The van der Waals surface area contributed by atoms with Crippen molar-refractivity contribution in [2.24, 2.45) is 0 Å². The minimum Gasteiger partial charge on any atom is -0.0844 e. The van der Waals surface area contributed by atoms with E-state index in [0.29, 0.717) is 0 Å². The monoisotopic (exact) mass is 184 g/mol. The minimum absolute atomic E-state index is 1.05. The Morgan fingerprint density at radius 2 is 1.89 bits per heavy atom. The van der Waals surface area contributed by atoms with E-state index in [4.69, 9.17) is 0 Å². The van der Waals surface area contributed by atoms with Gasteiger partial charge < -0.3 is 0 Å². The van der Waals surface area contributed by atoms with E-state index in [1.165, 1.54) is 4.48 Å². The van der Waals surface area contributed by atoms with Crippen LogP contribution in [-0.4, -0.2) is 0 Å². The Bertz CT molecular complexity index is 163. The van der Waals surface area contributed by atoms with Gasteiger partial charge in [0.05, 0.1) is 0 Å². The van der Waals surface area contributed by atoms with E-state index in [-0.39, 0.29) is 0 Å². The molecule has 0 nitrogen and oxygen atoms in total. The lowest BCUT2D eigenvalue weighted by Crippen LogP contribution is -1.69. The van der Waals surface area contributed by atoms with E-state index in [2.05, 4.69) is 46.3 Å². The van der Waals surface area contributed by atoms with E-state index in [1.54, 1.807) is 0 Å². The maximum Gasteiger partial charge on any atom is 0.0135 e. The zero-order valence-corrected chi connectivity index (χ0v) is 6.76. The normalized spacial score (nSPS) is 25.7. The van der Waals surface area contributed by atoms with Gasteiger partial charge in [-0.1, -0.05) is 46.3 Å². The molecule has 0 atom stereocenters. The smallest absolute Gasteiger partial charge is 0.0135 e. The Morgan fingerprint density at radius 1 is 1.11 bits per heavy atom. The fourth-order valence-electron chi connectivity index (χ4n) is 0.700.